The molecule has 0 saturated carbocycles. The summed E-state index contributed by atoms with van der Waals surface area (Å²) in [6, 6.07) is 0. The van der Waals surface area contributed by atoms with Crippen LogP contribution in [0.3, 0.4) is 0 Å². The predicted octanol–water partition coefficient (Wildman–Crippen LogP) is -3.25. The van der Waals surface area contributed by atoms with E-state index in [-0.39, 0.29) is 24.1 Å². The molecule has 1 aliphatic heterocycles. The van der Waals surface area contributed by atoms with E-state index in [9.17, 15) is 20.1 Å². The summed E-state index contributed by atoms with van der Waals surface area (Å²) in [4.78, 5) is 17.3. The van der Waals surface area contributed by atoms with Gasteiger partial charge >= 0.3 is 0 Å². The highest BCUT2D eigenvalue weighted by Crippen LogP contribution is 2.21. The summed E-state index contributed by atoms with van der Waals surface area (Å²) in [6.45, 7) is -0.261. The van der Waals surface area contributed by atoms with Gasteiger partial charge in [0.15, 0.2) is 5.82 Å². The van der Waals surface area contributed by atoms with Crippen LogP contribution in [0.5, 0.6) is 5.75 Å². The molecule has 4 atom stereocenters. The zero-order valence-corrected chi connectivity index (χ0v) is 9.68. The number of hydrogen-bond acceptors (Lipinski definition) is 9. The van der Waals surface area contributed by atoms with Gasteiger partial charge in [0.2, 0.25) is 18.0 Å². The molecule has 2 heterocycles. The number of aliphatic hydroxyl groups excluding tert-OH is 3. The van der Waals surface area contributed by atoms with Crippen molar-refractivity contribution in [3.8, 4) is 5.75 Å². The molecule has 1 aromatic rings. The average Bonchev–Trinajstić information content (AvgIpc) is 2.33. The van der Waals surface area contributed by atoms with E-state index in [1.807, 2.05) is 0 Å². The van der Waals surface area contributed by atoms with Crippen LogP contribution in [0.4, 0.5) is 11.8 Å². The number of anilines is 2. The molecule has 10 heteroatoms. The Bertz CT molecular complexity index is 520. The lowest BCUT2D eigenvalue weighted by Crippen LogP contribution is -2.55. The zero-order valence-electron chi connectivity index (χ0n) is 9.68. The number of ether oxygens (including phenoxy) is 2. The number of nitrogens with two attached hydrogens (primary N) is 2. The van der Waals surface area contributed by atoms with Crippen LogP contribution >= 0.6 is 0 Å². The fourth-order valence-corrected chi connectivity index (χ4v) is 1.61. The molecular weight excluding hydrogens is 260 g/mol. The topological polar surface area (TPSA) is 177 Å². The van der Waals surface area contributed by atoms with Crippen LogP contribution in [-0.4, -0.2) is 56.5 Å². The molecule has 0 spiro atoms. The van der Waals surface area contributed by atoms with Crippen LogP contribution in [0, 0.1) is 0 Å². The molecule has 0 aliphatic carbocycles. The van der Waals surface area contributed by atoms with Gasteiger partial charge < -0.3 is 36.3 Å². The number of nitrogens with one attached hydrogen (secondary N) is 1. The van der Waals surface area contributed by atoms with E-state index < -0.39 is 30.2 Å². The molecule has 8 N–H and O–H groups in total. The molecule has 1 fully saturated rings. The number of rotatable bonds is 2. The summed E-state index contributed by atoms with van der Waals surface area (Å²) in [6.07, 6.45) is -5.59. The highest BCUT2D eigenvalue weighted by Gasteiger charge is 2.39. The van der Waals surface area contributed by atoms with Crippen LogP contribution in [0.1, 0.15) is 0 Å². The van der Waals surface area contributed by atoms with Gasteiger partial charge in [-0.2, -0.15) is 4.98 Å². The van der Waals surface area contributed by atoms with Crippen LogP contribution in [-0.2, 0) is 4.74 Å². The van der Waals surface area contributed by atoms with E-state index in [1.165, 1.54) is 0 Å². The van der Waals surface area contributed by atoms with E-state index in [4.69, 9.17) is 20.9 Å². The van der Waals surface area contributed by atoms with Crippen LogP contribution in [0.25, 0.3) is 0 Å². The third-order valence-electron chi connectivity index (χ3n) is 2.61. The largest absolute Gasteiger partial charge is 0.452 e. The average molecular weight is 274 g/mol. The molecule has 1 saturated heterocycles. The van der Waals surface area contributed by atoms with E-state index >= 15 is 0 Å². The summed E-state index contributed by atoms with van der Waals surface area (Å²) in [7, 11) is 0. The molecule has 19 heavy (non-hydrogen) atoms. The van der Waals surface area contributed by atoms with E-state index in [0.717, 1.165) is 0 Å². The Morgan fingerprint density at radius 2 is 2.00 bits per heavy atom. The maximum Gasteiger partial charge on any atom is 0.297 e. The number of H-pyrrole nitrogens is 1. The van der Waals surface area contributed by atoms with Gasteiger partial charge in [0.05, 0.1) is 6.61 Å². The van der Waals surface area contributed by atoms with Gasteiger partial charge in [-0.25, -0.2) is 0 Å². The van der Waals surface area contributed by atoms with Crippen molar-refractivity contribution in [1.29, 1.82) is 0 Å². The van der Waals surface area contributed by atoms with Crippen molar-refractivity contribution in [2.75, 3.05) is 18.1 Å². The molecule has 4 unspecified atom stereocenters. The van der Waals surface area contributed by atoms with Crippen LogP contribution < -0.4 is 21.8 Å². The predicted molar refractivity (Wildman–Crippen MR) is 62.1 cm³/mol. The minimum atomic E-state index is -1.54. The van der Waals surface area contributed by atoms with E-state index in [1.54, 1.807) is 0 Å². The summed E-state index contributed by atoms with van der Waals surface area (Å²) in [5, 5.41) is 28.4. The number of nitrogens with zero attached hydrogens (tertiary/aromatic N) is 1. The first-order chi connectivity index (χ1) is 8.90. The van der Waals surface area contributed by atoms with Crippen molar-refractivity contribution in [3.63, 3.8) is 0 Å². The summed E-state index contributed by atoms with van der Waals surface area (Å²) in [5.41, 5.74) is 9.99. The molecule has 0 aromatic carbocycles. The van der Waals surface area contributed by atoms with Crippen molar-refractivity contribution in [2.45, 2.75) is 24.6 Å². The van der Waals surface area contributed by atoms with E-state index in [0.29, 0.717) is 0 Å². The minimum absolute atomic E-state index is 0.185. The third-order valence-corrected chi connectivity index (χ3v) is 2.61. The zero-order chi connectivity index (χ0) is 14.2. The van der Waals surface area contributed by atoms with Crippen molar-refractivity contribution in [2.24, 2.45) is 0 Å². The summed E-state index contributed by atoms with van der Waals surface area (Å²) < 4.78 is 10.0. The van der Waals surface area contributed by atoms with Gasteiger partial charge in [0.25, 0.3) is 5.56 Å². The molecular formula is C9H14N4O6. The molecule has 1 aliphatic rings. The monoisotopic (exact) mass is 274 g/mol. The molecule has 2 rings (SSSR count). The molecule has 0 bridgehead atoms. The SMILES string of the molecule is Nc1nc(N)c(OC2OCC(O)C(O)C2O)c(=O)[nH]1. The maximum absolute atomic E-state index is 11.6. The molecule has 1 aromatic heterocycles. The van der Waals surface area contributed by atoms with Gasteiger partial charge in [-0.3, -0.25) is 9.78 Å². The quantitative estimate of drug-likeness (QED) is 0.323. The number of aromatic nitrogens is 2. The first-order valence-electron chi connectivity index (χ1n) is 5.38. The highest BCUT2D eigenvalue weighted by atomic mass is 16.7. The Labute approximate surface area is 106 Å². The lowest BCUT2D eigenvalue weighted by atomic mass is 10.1. The first-order valence-corrected chi connectivity index (χ1v) is 5.38. The molecule has 10 nitrogen and oxygen atoms in total. The molecule has 106 valence electrons. The second-order valence-electron chi connectivity index (χ2n) is 4.03. The Morgan fingerprint density at radius 3 is 2.63 bits per heavy atom. The van der Waals surface area contributed by atoms with Gasteiger partial charge in [-0.15, -0.1) is 0 Å². The Kier molecular flexibility index (Phi) is 3.57. The fourth-order valence-electron chi connectivity index (χ4n) is 1.61. The Hall–Kier alpha value is -1.88. The number of aliphatic hydroxyl groups is 3. The lowest BCUT2D eigenvalue weighted by molar-refractivity contribution is -0.242. The standard InChI is InChI=1S/C9H14N4O6/c10-6-5(7(17)13-9(11)12-6)19-8-4(16)3(15)2(14)1-18-8/h2-4,8,14-16H,1H2,(H5,10,11,12,13,17). The second-order valence-corrected chi connectivity index (χ2v) is 4.03. The highest BCUT2D eigenvalue weighted by molar-refractivity contribution is 5.46. The van der Waals surface area contributed by atoms with Gasteiger partial charge in [-0.05, 0) is 0 Å². The smallest absolute Gasteiger partial charge is 0.297 e. The minimum Gasteiger partial charge on any atom is -0.452 e. The van der Waals surface area contributed by atoms with Gasteiger partial charge in [-0.1, -0.05) is 0 Å². The third kappa shape index (κ3) is 2.61. The summed E-state index contributed by atoms with van der Waals surface area (Å²) >= 11 is 0. The van der Waals surface area contributed by atoms with Crippen molar-refractivity contribution < 1.29 is 24.8 Å². The number of nitrogen functional groups attached to an aromatic ring is 2. The maximum atomic E-state index is 11.6. The fraction of sp³-hybridized carbons (Fsp3) is 0.556. The van der Waals surface area contributed by atoms with Crippen molar-refractivity contribution in [1.82, 2.24) is 9.97 Å². The Morgan fingerprint density at radius 1 is 1.32 bits per heavy atom. The van der Waals surface area contributed by atoms with Gasteiger partial charge in [0.1, 0.15) is 18.3 Å². The normalized spacial score (nSPS) is 31.1. The number of aromatic amines is 1. The number of hydrogen-bond donors (Lipinski definition) is 6. The summed E-state index contributed by atoms with van der Waals surface area (Å²) in [5.74, 6) is -0.852. The van der Waals surface area contributed by atoms with Gasteiger partial charge in [0, 0.05) is 0 Å². The van der Waals surface area contributed by atoms with Crippen LogP contribution in [0.15, 0.2) is 4.79 Å². The van der Waals surface area contributed by atoms with Crippen molar-refractivity contribution >= 4 is 11.8 Å². The van der Waals surface area contributed by atoms with Crippen LogP contribution in [0.2, 0.25) is 0 Å². The van der Waals surface area contributed by atoms with Crippen molar-refractivity contribution in [3.05, 3.63) is 10.4 Å². The lowest BCUT2D eigenvalue weighted by Gasteiger charge is -2.34. The Balaban J connectivity index is 2.20. The molecule has 0 radical (unpaired) electrons. The second kappa shape index (κ2) is 5.01. The van der Waals surface area contributed by atoms with E-state index in [2.05, 4.69) is 9.97 Å². The first kappa shape index (κ1) is 13.5. The molecule has 0 amide bonds.